The van der Waals surface area contributed by atoms with Crippen LogP contribution in [0.3, 0.4) is 0 Å². The van der Waals surface area contributed by atoms with Crippen LogP contribution in [0.25, 0.3) is 5.78 Å². The molecule has 2 aromatic carbocycles. The average Bonchev–Trinajstić information content (AvgIpc) is 3.19. The van der Waals surface area contributed by atoms with Crippen molar-refractivity contribution in [3.63, 3.8) is 0 Å². The van der Waals surface area contributed by atoms with Crippen LogP contribution in [0.1, 0.15) is 47.1 Å². The highest BCUT2D eigenvalue weighted by Crippen LogP contribution is 2.27. The van der Waals surface area contributed by atoms with Gasteiger partial charge in [-0.3, -0.25) is 14.3 Å². The van der Waals surface area contributed by atoms with Gasteiger partial charge in [-0.05, 0) is 57.5 Å². The Kier molecular flexibility index (Phi) is 5.77. The molecule has 0 spiro atoms. The molecule has 0 unspecified atom stereocenters. The quantitative estimate of drug-likeness (QED) is 0.500. The number of carbonyl (C=O) groups is 1. The first-order valence-electron chi connectivity index (χ1n) is 10.4. The van der Waals surface area contributed by atoms with E-state index in [0.717, 1.165) is 11.1 Å². The molecule has 4 rings (SSSR count). The summed E-state index contributed by atoms with van der Waals surface area (Å²) in [5.41, 5.74) is 3.40. The molecule has 2 heterocycles. The summed E-state index contributed by atoms with van der Waals surface area (Å²) in [7, 11) is 0. The number of rotatable bonds is 6. The van der Waals surface area contributed by atoms with Crippen molar-refractivity contribution in [2.24, 2.45) is 0 Å². The van der Waals surface area contributed by atoms with E-state index in [1.165, 1.54) is 10.6 Å². The van der Waals surface area contributed by atoms with Crippen LogP contribution in [0, 0.1) is 13.8 Å². The van der Waals surface area contributed by atoms with Gasteiger partial charge in [0.1, 0.15) is 18.7 Å². The molecule has 0 saturated heterocycles. The highest BCUT2D eigenvalue weighted by atomic mass is 16.5. The van der Waals surface area contributed by atoms with Gasteiger partial charge in [0.15, 0.2) is 0 Å². The van der Waals surface area contributed by atoms with Crippen molar-refractivity contribution in [1.82, 2.24) is 19.2 Å². The summed E-state index contributed by atoms with van der Waals surface area (Å²) in [5, 5.41) is 2.90. The zero-order valence-corrected chi connectivity index (χ0v) is 18.5. The number of carbonyl (C=O) groups excluding carboxylic acids is 1. The number of nitrogens with zero attached hydrogens (tertiary/aromatic N) is 4. The molecule has 0 aliphatic heterocycles. The number of anilines is 1. The molecule has 0 saturated carbocycles. The molecule has 2 aromatic heterocycles. The van der Waals surface area contributed by atoms with E-state index in [1.54, 1.807) is 29.2 Å². The van der Waals surface area contributed by atoms with Crippen molar-refractivity contribution in [3.8, 4) is 5.75 Å². The molecule has 0 aliphatic rings. The molecule has 32 heavy (non-hydrogen) atoms. The topological polar surface area (TPSA) is 90.5 Å². The normalized spacial score (nSPS) is 11.2. The maximum Gasteiger partial charge on any atom is 0.274 e. The Hall–Kier alpha value is -3.94. The lowest BCUT2D eigenvalue weighted by Gasteiger charge is -2.14. The van der Waals surface area contributed by atoms with Crippen LogP contribution < -0.4 is 15.6 Å². The number of hydrogen-bond acceptors (Lipinski definition) is 5. The zero-order chi connectivity index (χ0) is 22.8. The van der Waals surface area contributed by atoms with Gasteiger partial charge in [0.25, 0.3) is 17.2 Å². The van der Waals surface area contributed by atoms with Crippen LogP contribution >= 0.6 is 0 Å². The van der Waals surface area contributed by atoms with Gasteiger partial charge in [0.05, 0.1) is 11.4 Å². The predicted molar refractivity (Wildman–Crippen MR) is 122 cm³/mol. The number of ether oxygens (including phenoxy) is 1. The number of aromatic nitrogens is 4. The molecule has 8 nitrogen and oxygen atoms in total. The summed E-state index contributed by atoms with van der Waals surface area (Å²) in [6, 6.07) is 14.4. The average molecular weight is 431 g/mol. The lowest BCUT2D eigenvalue weighted by molar-refractivity contribution is 0.102. The van der Waals surface area contributed by atoms with E-state index in [-0.39, 0.29) is 24.1 Å². The molecule has 0 bridgehead atoms. The second-order valence-corrected chi connectivity index (χ2v) is 8.02. The maximum atomic E-state index is 12.7. The van der Waals surface area contributed by atoms with Gasteiger partial charge in [-0.2, -0.15) is 9.50 Å². The van der Waals surface area contributed by atoms with E-state index in [9.17, 15) is 9.59 Å². The molecule has 0 atom stereocenters. The van der Waals surface area contributed by atoms with E-state index < -0.39 is 0 Å². The van der Waals surface area contributed by atoms with E-state index in [0.29, 0.717) is 28.5 Å². The SMILES string of the molecule is Cc1ccc(C(=O)Nc2ccc(C)cc2OCc2cc(=O)n3c(ncn3C(C)C)n2)cc1. The van der Waals surface area contributed by atoms with E-state index >= 15 is 0 Å². The van der Waals surface area contributed by atoms with Gasteiger partial charge in [0, 0.05) is 17.7 Å². The number of amides is 1. The van der Waals surface area contributed by atoms with Crippen LogP contribution in [0.15, 0.2) is 59.7 Å². The van der Waals surface area contributed by atoms with Gasteiger partial charge in [-0.15, -0.1) is 0 Å². The van der Waals surface area contributed by atoms with Crippen LogP contribution in [0.2, 0.25) is 0 Å². The zero-order valence-electron chi connectivity index (χ0n) is 18.5. The maximum absolute atomic E-state index is 12.7. The molecule has 1 N–H and O–H groups in total. The Labute approximate surface area is 185 Å². The molecule has 0 aliphatic carbocycles. The summed E-state index contributed by atoms with van der Waals surface area (Å²) in [5.74, 6) is 0.595. The number of benzene rings is 2. The van der Waals surface area contributed by atoms with E-state index in [2.05, 4.69) is 15.3 Å². The van der Waals surface area contributed by atoms with Gasteiger partial charge in [-0.25, -0.2) is 4.98 Å². The minimum Gasteiger partial charge on any atom is -0.485 e. The summed E-state index contributed by atoms with van der Waals surface area (Å²) in [6.45, 7) is 7.91. The second kappa shape index (κ2) is 8.66. The fourth-order valence-corrected chi connectivity index (χ4v) is 3.31. The lowest BCUT2D eigenvalue weighted by atomic mass is 10.1. The van der Waals surface area contributed by atoms with Crippen molar-refractivity contribution < 1.29 is 9.53 Å². The molecule has 4 aromatic rings. The van der Waals surface area contributed by atoms with E-state index in [4.69, 9.17) is 4.74 Å². The first-order valence-corrected chi connectivity index (χ1v) is 10.4. The fraction of sp³-hybridized carbons (Fsp3) is 0.250. The highest BCUT2D eigenvalue weighted by Gasteiger charge is 2.13. The predicted octanol–water partition coefficient (Wildman–Crippen LogP) is 3.92. The van der Waals surface area contributed by atoms with Gasteiger partial charge < -0.3 is 10.1 Å². The largest absolute Gasteiger partial charge is 0.485 e. The van der Waals surface area contributed by atoms with Crippen molar-refractivity contribution >= 4 is 17.4 Å². The van der Waals surface area contributed by atoms with Crippen LogP contribution in [-0.4, -0.2) is 25.1 Å². The molecule has 0 radical (unpaired) electrons. The summed E-state index contributed by atoms with van der Waals surface area (Å²) >= 11 is 0. The first-order chi connectivity index (χ1) is 15.3. The Balaban J connectivity index is 1.56. The van der Waals surface area contributed by atoms with Crippen molar-refractivity contribution in [2.45, 2.75) is 40.3 Å². The Morgan fingerprint density at radius 2 is 1.78 bits per heavy atom. The smallest absolute Gasteiger partial charge is 0.274 e. The number of nitrogens with one attached hydrogen (secondary N) is 1. The van der Waals surface area contributed by atoms with Crippen molar-refractivity contribution in [2.75, 3.05) is 5.32 Å². The van der Waals surface area contributed by atoms with Crippen molar-refractivity contribution in [1.29, 1.82) is 0 Å². The summed E-state index contributed by atoms with van der Waals surface area (Å²) in [6.07, 6.45) is 1.60. The third-order valence-electron chi connectivity index (χ3n) is 5.06. The molecular weight excluding hydrogens is 406 g/mol. The minimum absolute atomic E-state index is 0.0666. The standard InChI is InChI=1S/C24H25N5O3/c1-15(2)28-14-25-24-26-19(12-22(30)29(24)28)13-32-21-11-17(4)7-10-20(21)27-23(31)18-8-5-16(3)6-9-18/h5-12,14-15H,13H2,1-4H3,(H,27,31). The molecule has 1 amide bonds. The second-order valence-electron chi connectivity index (χ2n) is 8.02. The van der Waals surface area contributed by atoms with Gasteiger partial charge in [-0.1, -0.05) is 23.8 Å². The highest BCUT2D eigenvalue weighted by molar-refractivity contribution is 6.05. The van der Waals surface area contributed by atoms with Crippen LogP contribution in [0.4, 0.5) is 5.69 Å². The Morgan fingerprint density at radius 3 is 2.50 bits per heavy atom. The summed E-state index contributed by atoms with van der Waals surface area (Å²) in [4.78, 5) is 33.9. The van der Waals surface area contributed by atoms with Gasteiger partial charge >= 0.3 is 0 Å². The Bertz CT molecular complexity index is 1340. The lowest BCUT2D eigenvalue weighted by Crippen LogP contribution is -2.23. The van der Waals surface area contributed by atoms with Crippen molar-refractivity contribution in [3.05, 3.63) is 87.6 Å². The summed E-state index contributed by atoms with van der Waals surface area (Å²) < 4.78 is 9.13. The Morgan fingerprint density at radius 1 is 1.06 bits per heavy atom. The van der Waals surface area contributed by atoms with E-state index in [1.807, 2.05) is 52.0 Å². The molecular formula is C24H25N5O3. The monoisotopic (exact) mass is 431 g/mol. The molecule has 8 heteroatoms. The minimum atomic E-state index is -0.226. The van der Waals surface area contributed by atoms with Crippen LogP contribution in [-0.2, 0) is 6.61 Å². The third kappa shape index (κ3) is 4.39. The molecule has 0 fully saturated rings. The third-order valence-corrected chi connectivity index (χ3v) is 5.06. The molecule has 164 valence electrons. The van der Waals surface area contributed by atoms with Crippen LogP contribution in [0.5, 0.6) is 5.75 Å². The fourth-order valence-electron chi connectivity index (χ4n) is 3.31. The number of aryl methyl sites for hydroxylation is 2. The first kappa shape index (κ1) is 21.3. The number of fused-ring (bicyclic) bond motifs is 1. The van der Waals surface area contributed by atoms with Gasteiger partial charge in [0.2, 0.25) is 0 Å². The number of hydrogen-bond donors (Lipinski definition) is 1.